The van der Waals surface area contributed by atoms with Gasteiger partial charge < -0.3 is 13.6 Å². The van der Waals surface area contributed by atoms with E-state index in [4.69, 9.17) is 13.6 Å². The molecule has 0 aliphatic rings. The molecule has 0 amide bonds. The van der Waals surface area contributed by atoms with Gasteiger partial charge in [0.15, 0.2) is 6.61 Å². The fourth-order valence-corrected chi connectivity index (χ4v) is 2.44. The van der Waals surface area contributed by atoms with Gasteiger partial charge in [0.25, 0.3) is 11.1 Å². The van der Waals surface area contributed by atoms with Crippen molar-refractivity contribution in [3.05, 3.63) is 47.5 Å². The Morgan fingerprint density at radius 1 is 1.04 bits per heavy atom. The molecule has 0 radical (unpaired) electrons. The molecule has 0 saturated heterocycles. The van der Waals surface area contributed by atoms with Gasteiger partial charge in [0.1, 0.15) is 5.75 Å². The smallest absolute Gasteiger partial charge is 0.277 e. The number of aryl methyl sites for hydroxylation is 2. The Bertz CT molecular complexity index is 771. The van der Waals surface area contributed by atoms with Crippen LogP contribution in [0.1, 0.15) is 30.2 Å². The maximum absolute atomic E-state index is 5.62. The van der Waals surface area contributed by atoms with Crippen LogP contribution < -0.4 is 4.74 Å². The first kappa shape index (κ1) is 15.5. The third kappa shape index (κ3) is 4.32. The van der Waals surface area contributed by atoms with Crippen LogP contribution in [0.4, 0.5) is 0 Å². The first-order valence-corrected chi connectivity index (χ1v) is 8.17. The van der Waals surface area contributed by atoms with E-state index < -0.39 is 0 Å². The van der Waals surface area contributed by atoms with Crippen molar-refractivity contribution >= 4 is 11.8 Å². The minimum atomic E-state index is 0.234. The molecule has 0 unspecified atom stereocenters. The van der Waals surface area contributed by atoms with Gasteiger partial charge in [-0.25, -0.2) is 0 Å². The molecular weight excluding hydrogens is 316 g/mol. The average molecular weight is 332 g/mol. The minimum Gasteiger partial charge on any atom is -0.484 e. The second kappa shape index (κ2) is 7.28. The molecule has 23 heavy (non-hydrogen) atoms. The quantitative estimate of drug-likeness (QED) is 0.610. The lowest BCUT2D eigenvalue weighted by Crippen LogP contribution is -1.95. The standard InChI is InChI=1S/C15H16N4O3S/c1-3-12-16-18-14(21-12)9-23-15-19-17-13(22-15)8-20-11-6-4-5-10(2)7-11/h4-7H,3,8-9H2,1-2H3. The maximum Gasteiger partial charge on any atom is 0.277 e. The Morgan fingerprint density at radius 3 is 2.65 bits per heavy atom. The molecule has 8 heteroatoms. The molecule has 0 atom stereocenters. The van der Waals surface area contributed by atoms with Crippen LogP contribution in [-0.2, 0) is 18.8 Å². The van der Waals surface area contributed by atoms with Crippen molar-refractivity contribution in [2.45, 2.75) is 37.9 Å². The predicted octanol–water partition coefficient (Wildman–Crippen LogP) is 3.19. The summed E-state index contributed by atoms with van der Waals surface area (Å²) in [5, 5.41) is 16.2. The molecule has 3 rings (SSSR count). The number of hydrogen-bond donors (Lipinski definition) is 0. The zero-order valence-electron chi connectivity index (χ0n) is 12.9. The monoisotopic (exact) mass is 332 g/mol. The molecule has 1 aromatic carbocycles. The van der Waals surface area contributed by atoms with E-state index in [2.05, 4.69) is 20.4 Å². The van der Waals surface area contributed by atoms with Crippen molar-refractivity contribution in [3.63, 3.8) is 0 Å². The Hall–Kier alpha value is -2.35. The average Bonchev–Trinajstić information content (AvgIpc) is 3.20. The van der Waals surface area contributed by atoms with Gasteiger partial charge in [-0.1, -0.05) is 30.8 Å². The van der Waals surface area contributed by atoms with Crippen molar-refractivity contribution < 1.29 is 13.6 Å². The van der Waals surface area contributed by atoms with Crippen LogP contribution >= 0.6 is 11.8 Å². The number of hydrogen-bond acceptors (Lipinski definition) is 8. The van der Waals surface area contributed by atoms with Crippen molar-refractivity contribution in [2.75, 3.05) is 0 Å². The van der Waals surface area contributed by atoms with Crippen LogP contribution in [0.5, 0.6) is 5.75 Å². The SMILES string of the molecule is CCc1nnc(CSc2nnc(COc3cccc(C)c3)o2)o1. The Balaban J connectivity index is 1.51. The summed E-state index contributed by atoms with van der Waals surface area (Å²) < 4.78 is 16.6. The fourth-order valence-electron chi connectivity index (χ4n) is 1.82. The Morgan fingerprint density at radius 2 is 1.87 bits per heavy atom. The van der Waals surface area contributed by atoms with E-state index in [1.807, 2.05) is 38.1 Å². The number of benzene rings is 1. The summed E-state index contributed by atoms with van der Waals surface area (Å²) in [6.45, 7) is 4.20. The minimum absolute atomic E-state index is 0.234. The molecule has 2 heterocycles. The number of aromatic nitrogens is 4. The summed E-state index contributed by atoms with van der Waals surface area (Å²) in [6, 6.07) is 7.79. The van der Waals surface area contributed by atoms with Crippen LogP contribution in [0.15, 0.2) is 38.3 Å². The molecule has 3 aromatic rings. The van der Waals surface area contributed by atoms with E-state index in [1.165, 1.54) is 11.8 Å². The van der Waals surface area contributed by atoms with Crippen LogP contribution in [0.2, 0.25) is 0 Å². The van der Waals surface area contributed by atoms with Crippen LogP contribution in [0, 0.1) is 6.92 Å². The van der Waals surface area contributed by atoms with Gasteiger partial charge in [-0.2, -0.15) is 0 Å². The molecule has 0 bridgehead atoms. The number of rotatable bonds is 7. The zero-order valence-corrected chi connectivity index (χ0v) is 13.7. The molecule has 120 valence electrons. The van der Waals surface area contributed by atoms with E-state index in [0.717, 1.165) is 17.7 Å². The molecule has 0 N–H and O–H groups in total. The number of thioether (sulfide) groups is 1. The molecule has 0 spiro atoms. The predicted molar refractivity (Wildman–Crippen MR) is 83.0 cm³/mol. The summed E-state index contributed by atoms with van der Waals surface area (Å²) in [5.74, 6) is 2.86. The molecule has 7 nitrogen and oxygen atoms in total. The van der Waals surface area contributed by atoms with Crippen LogP contribution in [0.3, 0.4) is 0 Å². The summed E-state index contributed by atoms with van der Waals surface area (Å²) in [7, 11) is 0. The van der Waals surface area contributed by atoms with E-state index in [9.17, 15) is 0 Å². The third-order valence-corrected chi connectivity index (χ3v) is 3.73. The van der Waals surface area contributed by atoms with Gasteiger partial charge >= 0.3 is 0 Å². The highest BCUT2D eigenvalue weighted by Gasteiger charge is 2.11. The van der Waals surface area contributed by atoms with E-state index >= 15 is 0 Å². The lowest BCUT2D eigenvalue weighted by atomic mass is 10.2. The first-order chi connectivity index (χ1) is 11.2. The second-order valence-corrected chi connectivity index (χ2v) is 5.73. The highest BCUT2D eigenvalue weighted by atomic mass is 32.2. The lowest BCUT2D eigenvalue weighted by molar-refractivity contribution is 0.252. The maximum atomic E-state index is 5.62. The molecule has 0 aliphatic heterocycles. The highest BCUT2D eigenvalue weighted by molar-refractivity contribution is 7.98. The van der Waals surface area contributed by atoms with Gasteiger partial charge in [-0.15, -0.1) is 20.4 Å². The van der Waals surface area contributed by atoms with Gasteiger partial charge in [0.05, 0.1) is 5.75 Å². The van der Waals surface area contributed by atoms with E-state index in [0.29, 0.717) is 28.6 Å². The lowest BCUT2D eigenvalue weighted by Gasteiger charge is -2.03. The summed E-state index contributed by atoms with van der Waals surface area (Å²) in [5.41, 5.74) is 1.13. The second-order valence-electron chi connectivity index (χ2n) is 4.80. The first-order valence-electron chi connectivity index (χ1n) is 7.19. The van der Waals surface area contributed by atoms with Gasteiger partial charge in [-0.05, 0) is 24.6 Å². The molecule has 2 aromatic heterocycles. The Labute approximate surface area is 137 Å². The third-order valence-electron chi connectivity index (χ3n) is 2.93. The fraction of sp³-hybridized carbons (Fsp3) is 0.333. The van der Waals surface area contributed by atoms with Crippen LogP contribution in [-0.4, -0.2) is 20.4 Å². The molecule has 0 aliphatic carbocycles. The summed E-state index contributed by atoms with van der Waals surface area (Å²) in [6.07, 6.45) is 0.721. The van der Waals surface area contributed by atoms with E-state index in [-0.39, 0.29) is 6.61 Å². The zero-order chi connectivity index (χ0) is 16.1. The highest BCUT2D eigenvalue weighted by Crippen LogP contribution is 2.21. The molecular formula is C15H16N4O3S. The van der Waals surface area contributed by atoms with Crippen molar-refractivity contribution in [1.29, 1.82) is 0 Å². The topological polar surface area (TPSA) is 87.1 Å². The van der Waals surface area contributed by atoms with Gasteiger partial charge in [0, 0.05) is 6.42 Å². The summed E-state index contributed by atoms with van der Waals surface area (Å²) in [4.78, 5) is 0. The van der Waals surface area contributed by atoms with Crippen molar-refractivity contribution in [3.8, 4) is 5.75 Å². The summed E-state index contributed by atoms with van der Waals surface area (Å²) >= 11 is 1.35. The van der Waals surface area contributed by atoms with Gasteiger partial charge in [0.2, 0.25) is 11.8 Å². The molecule has 0 saturated carbocycles. The van der Waals surface area contributed by atoms with Crippen molar-refractivity contribution in [2.24, 2.45) is 0 Å². The van der Waals surface area contributed by atoms with Gasteiger partial charge in [-0.3, -0.25) is 0 Å². The normalized spacial score (nSPS) is 10.9. The van der Waals surface area contributed by atoms with Crippen molar-refractivity contribution in [1.82, 2.24) is 20.4 Å². The number of ether oxygens (including phenoxy) is 1. The largest absolute Gasteiger partial charge is 0.484 e. The van der Waals surface area contributed by atoms with E-state index in [1.54, 1.807) is 0 Å². The number of nitrogens with zero attached hydrogens (tertiary/aromatic N) is 4. The molecule has 0 fully saturated rings. The van der Waals surface area contributed by atoms with Crippen LogP contribution in [0.25, 0.3) is 0 Å². The Kier molecular flexibility index (Phi) is 4.92.